The number of carbonyl (C=O) groups is 2. The minimum atomic E-state index is -4.83. The molecule has 1 N–H and O–H groups in total. The summed E-state index contributed by atoms with van der Waals surface area (Å²) in [7, 11) is 0. The summed E-state index contributed by atoms with van der Waals surface area (Å²) in [4.78, 5) is 30.7. The Kier molecular flexibility index (Phi) is 5.11. The van der Waals surface area contributed by atoms with E-state index >= 15 is 0 Å². The number of urea groups is 1. The van der Waals surface area contributed by atoms with E-state index in [1.165, 1.54) is 19.1 Å². The van der Waals surface area contributed by atoms with Crippen molar-refractivity contribution in [1.82, 2.24) is 20.4 Å². The monoisotopic (exact) mass is 446 g/mol. The Morgan fingerprint density at radius 3 is 2.47 bits per heavy atom. The molecule has 1 saturated heterocycles. The van der Waals surface area contributed by atoms with Crippen molar-refractivity contribution in [3.63, 3.8) is 0 Å². The number of rotatable bonds is 5. The van der Waals surface area contributed by atoms with Gasteiger partial charge in [-0.2, -0.15) is 4.98 Å². The highest BCUT2D eigenvalue weighted by Crippen LogP contribution is 2.32. The van der Waals surface area contributed by atoms with Gasteiger partial charge in [0.05, 0.1) is 0 Å². The average molecular weight is 446 g/mol. The molecule has 32 heavy (non-hydrogen) atoms. The normalized spacial score (nSPS) is 18.7. The molecule has 0 saturated carbocycles. The van der Waals surface area contributed by atoms with E-state index in [-0.39, 0.29) is 12.4 Å². The van der Waals surface area contributed by atoms with E-state index in [2.05, 4.69) is 20.2 Å². The second kappa shape index (κ2) is 7.66. The molecule has 1 fully saturated rings. The SMILES string of the molecule is Cc1ccccc1-c1noc(CN2C(=O)NC(C)(c3ccc(OC(F)(F)F)cc3)C2=O)n1. The third kappa shape index (κ3) is 4.01. The molecule has 1 atom stereocenters. The number of ether oxygens (including phenoxy) is 1. The van der Waals surface area contributed by atoms with Crippen LogP contribution in [0.15, 0.2) is 53.1 Å². The molecule has 1 unspecified atom stereocenters. The lowest BCUT2D eigenvalue weighted by molar-refractivity contribution is -0.274. The average Bonchev–Trinajstić information content (AvgIpc) is 3.27. The topological polar surface area (TPSA) is 97.6 Å². The van der Waals surface area contributed by atoms with E-state index in [0.29, 0.717) is 11.4 Å². The first-order valence-corrected chi connectivity index (χ1v) is 9.46. The van der Waals surface area contributed by atoms with E-state index in [1.807, 2.05) is 31.2 Å². The maximum atomic E-state index is 13.0. The number of nitrogens with zero attached hydrogens (tertiary/aromatic N) is 3. The minimum Gasteiger partial charge on any atom is -0.406 e. The summed E-state index contributed by atoms with van der Waals surface area (Å²) < 4.78 is 46.1. The molecule has 0 radical (unpaired) electrons. The third-order valence-electron chi connectivity index (χ3n) is 5.09. The molecular formula is C21H17F3N4O4. The lowest BCUT2D eigenvalue weighted by Gasteiger charge is -2.22. The molecule has 1 aliphatic rings. The van der Waals surface area contributed by atoms with Gasteiger partial charge < -0.3 is 14.6 Å². The fourth-order valence-corrected chi connectivity index (χ4v) is 3.41. The summed E-state index contributed by atoms with van der Waals surface area (Å²) in [6.45, 7) is 3.09. The molecular weight excluding hydrogens is 429 g/mol. The van der Waals surface area contributed by atoms with Gasteiger partial charge in [-0.1, -0.05) is 41.6 Å². The fourth-order valence-electron chi connectivity index (χ4n) is 3.41. The number of imide groups is 1. The number of nitrogens with one attached hydrogen (secondary N) is 1. The van der Waals surface area contributed by atoms with Crippen LogP contribution in [0, 0.1) is 6.92 Å². The van der Waals surface area contributed by atoms with Gasteiger partial charge in [-0.25, -0.2) is 4.79 Å². The van der Waals surface area contributed by atoms with Crippen molar-refractivity contribution in [2.75, 3.05) is 0 Å². The molecule has 11 heteroatoms. The van der Waals surface area contributed by atoms with Crippen LogP contribution in [-0.4, -0.2) is 33.3 Å². The van der Waals surface area contributed by atoms with Crippen molar-refractivity contribution >= 4 is 11.9 Å². The first-order chi connectivity index (χ1) is 15.1. The molecule has 0 bridgehead atoms. The van der Waals surface area contributed by atoms with Gasteiger partial charge in [-0.15, -0.1) is 13.2 Å². The van der Waals surface area contributed by atoms with Crippen LogP contribution in [0.1, 0.15) is 23.9 Å². The zero-order valence-electron chi connectivity index (χ0n) is 16.9. The molecule has 4 rings (SSSR count). The third-order valence-corrected chi connectivity index (χ3v) is 5.09. The molecule has 3 amide bonds. The number of alkyl halides is 3. The number of hydrogen-bond donors (Lipinski definition) is 1. The standard InChI is InChI=1S/C21H17F3N4O4/c1-12-5-3-4-6-15(12)17-25-16(32-27-17)11-28-18(29)20(2,26-19(28)30)13-7-9-14(10-8-13)31-21(22,23)24/h3-10H,11H2,1-2H3,(H,26,30). The number of aryl methyl sites for hydroxylation is 1. The van der Waals surface area contributed by atoms with Gasteiger partial charge in [0.1, 0.15) is 17.8 Å². The van der Waals surface area contributed by atoms with Gasteiger partial charge in [0.25, 0.3) is 5.91 Å². The van der Waals surface area contributed by atoms with Crippen LogP contribution in [-0.2, 0) is 16.9 Å². The summed E-state index contributed by atoms with van der Waals surface area (Å²) in [5.74, 6) is -0.659. The Hall–Kier alpha value is -3.89. The van der Waals surface area contributed by atoms with Crippen LogP contribution < -0.4 is 10.1 Å². The van der Waals surface area contributed by atoms with Gasteiger partial charge >= 0.3 is 12.4 Å². The highest BCUT2D eigenvalue weighted by atomic mass is 19.4. The minimum absolute atomic E-state index is 0.0601. The lowest BCUT2D eigenvalue weighted by atomic mass is 9.92. The van der Waals surface area contributed by atoms with Gasteiger partial charge in [0.15, 0.2) is 0 Å². The van der Waals surface area contributed by atoms with Crippen LogP contribution in [0.4, 0.5) is 18.0 Å². The summed E-state index contributed by atoms with van der Waals surface area (Å²) in [5, 5.41) is 6.48. The van der Waals surface area contributed by atoms with Gasteiger partial charge in [0, 0.05) is 5.56 Å². The quantitative estimate of drug-likeness (QED) is 0.597. The predicted octanol–water partition coefficient (Wildman–Crippen LogP) is 3.91. The second-order valence-electron chi connectivity index (χ2n) is 7.35. The Labute approximate surface area is 180 Å². The number of aromatic nitrogens is 2. The van der Waals surface area contributed by atoms with Crippen molar-refractivity contribution in [3.8, 4) is 17.1 Å². The molecule has 8 nitrogen and oxygen atoms in total. The van der Waals surface area contributed by atoms with E-state index in [1.54, 1.807) is 0 Å². The highest BCUT2D eigenvalue weighted by Gasteiger charge is 2.49. The maximum Gasteiger partial charge on any atom is 0.573 e. The highest BCUT2D eigenvalue weighted by molar-refractivity contribution is 6.07. The fraction of sp³-hybridized carbons (Fsp3) is 0.238. The molecule has 1 aromatic heterocycles. The number of hydrogen-bond acceptors (Lipinski definition) is 6. The van der Waals surface area contributed by atoms with Gasteiger partial charge in [-0.05, 0) is 37.1 Å². The van der Waals surface area contributed by atoms with Gasteiger partial charge in [0.2, 0.25) is 11.7 Å². The summed E-state index contributed by atoms with van der Waals surface area (Å²) >= 11 is 0. The van der Waals surface area contributed by atoms with E-state index in [0.717, 1.165) is 28.2 Å². The number of benzene rings is 2. The molecule has 166 valence electrons. The van der Waals surface area contributed by atoms with E-state index < -0.39 is 29.6 Å². The zero-order valence-corrected chi connectivity index (χ0v) is 16.9. The van der Waals surface area contributed by atoms with E-state index in [9.17, 15) is 22.8 Å². The van der Waals surface area contributed by atoms with Crippen molar-refractivity contribution in [1.29, 1.82) is 0 Å². The van der Waals surface area contributed by atoms with Crippen LogP contribution in [0.25, 0.3) is 11.4 Å². The molecule has 1 aliphatic heterocycles. The van der Waals surface area contributed by atoms with Crippen LogP contribution in [0.2, 0.25) is 0 Å². The van der Waals surface area contributed by atoms with Crippen molar-refractivity contribution < 1.29 is 32.0 Å². The van der Waals surface area contributed by atoms with Crippen molar-refractivity contribution in [3.05, 3.63) is 65.5 Å². The molecule has 3 aromatic rings. The van der Waals surface area contributed by atoms with E-state index in [4.69, 9.17) is 4.52 Å². The van der Waals surface area contributed by atoms with Gasteiger partial charge in [-0.3, -0.25) is 9.69 Å². The van der Waals surface area contributed by atoms with Crippen LogP contribution in [0.3, 0.4) is 0 Å². The lowest BCUT2D eigenvalue weighted by Crippen LogP contribution is -2.40. The van der Waals surface area contributed by atoms with Crippen molar-refractivity contribution in [2.24, 2.45) is 0 Å². The maximum absolute atomic E-state index is 13.0. The van der Waals surface area contributed by atoms with Crippen LogP contribution in [0.5, 0.6) is 5.75 Å². The van der Waals surface area contributed by atoms with Crippen LogP contribution >= 0.6 is 0 Å². The molecule has 0 aliphatic carbocycles. The molecule has 2 heterocycles. The zero-order chi connectivity index (χ0) is 23.1. The largest absolute Gasteiger partial charge is 0.573 e. The predicted molar refractivity (Wildman–Crippen MR) is 104 cm³/mol. The summed E-state index contributed by atoms with van der Waals surface area (Å²) in [6.07, 6.45) is -4.83. The second-order valence-corrected chi connectivity index (χ2v) is 7.35. The number of carbonyl (C=O) groups excluding carboxylic acids is 2. The number of halogens is 3. The Morgan fingerprint density at radius 2 is 1.81 bits per heavy atom. The Balaban J connectivity index is 1.52. The Bertz CT molecular complexity index is 1180. The first-order valence-electron chi connectivity index (χ1n) is 9.46. The number of amides is 3. The molecule has 0 spiro atoms. The van der Waals surface area contributed by atoms with Crippen molar-refractivity contribution in [2.45, 2.75) is 32.3 Å². The molecule has 2 aromatic carbocycles. The summed E-state index contributed by atoms with van der Waals surface area (Å²) in [5.41, 5.74) is 0.497. The first kappa shape index (κ1) is 21.3. The smallest absolute Gasteiger partial charge is 0.406 e. The summed E-state index contributed by atoms with van der Waals surface area (Å²) in [6, 6.07) is 11.4. The Morgan fingerprint density at radius 1 is 1.12 bits per heavy atom.